The van der Waals surface area contributed by atoms with Gasteiger partial charge in [-0.25, -0.2) is 0 Å². The lowest BCUT2D eigenvalue weighted by atomic mass is 10.3. The number of alkyl halides is 1. The smallest absolute Gasteiger partial charge is 0.229 e. The molecule has 0 saturated carbocycles. The van der Waals surface area contributed by atoms with Crippen molar-refractivity contribution in [2.24, 2.45) is 0 Å². The van der Waals surface area contributed by atoms with Gasteiger partial charge in [0.2, 0.25) is 11.8 Å². The van der Waals surface area contributed by atoms with Crippen LogP contribution in [0, 0.1) is 0 Å². The first-order valence-corrected chi connectivity index (χ1v) is 4.68. The summed E-state index contributed by atoms with van der Waals surface area (Å²) in [6, 6.07) is 0. The standard InChI is InChI=1S/C8H12ClNO2/c9-5-1-3-7(11)10-6-2-4-8(10)12/h1-6H2. The third-order valence-corrected chi connectivity index (χ3v) is 2.17. The molecule has 2 amide bonds. The van der Waals surface area contributed by atoms with Crippen LogP contribution in [0.15, 0.2) is 0 Å². The zero-order valence-electron chi connectivity index (χ0n) is 6.88. The van der Waals surface area contributed by atoms with Crippen molar-refractivity contribution in [3.8, 4) is 0 Å². The zero-order valence-corrected chi connectivity index (χ0v) is 7.64. The number of carbonyl (C=O) groups is 2. The van der Waals surface area contributed by atoms with Gasteiger partial charge in [0.05, 0.1) is 0 Å². The minimum absolute atomic E-state index is 0.0328. The van der Waals surface area contributed by atoms with E-state index in [1.54, 1.807) is 0 Å². The van der Waals surface area contributed by atoms with Gasteiger partial charge in [0, 0.05) is 25.3 Å². The number of hydrogen-bond donors (Lipinski definition) is 0. The first-order chi connectivity index (χ1) is 5.75. The van der Waals surface area contributed by atoms with Crippen molar-refractivity contribution in [2.45, 2.75) is 25.7 Å². The van der Waals surface area contributed by atoms with Gasteiger partial charge < -0.3 is 0 Å². The normalized spacial score (nSPS) is 17.1. The van der Waals surface area contributed by atoms with Crippen LogP contribution < -0.4 is 0 Å². The van der Waals surface area contributed by atoms with Gasteiger partial charge in [-0.1, -0.05) is 0 Å². The number of halogens is 1. The Balaban J connectivity index is 2.36. The monoisotopic (exact) mass is 189 g/mol. The van der Waals surface area contributed by atoms with E-state index in [1.807, 2.05) is 0 Å². The maximum Gasteiger partial charge on any atom is 0.229 e. The van der Waals surface area contributed by atoms with Gasteiger partial charge >= 0.3 is 0 Å². The van der Waals surface area contributed by atoms with Crippen LogP contribution >= 0.6 is 11.6 Å². The average Bonchev–Trinajstić information content (AvgIpc) is 2.47. The molecule has 0 aromatic rings. The highest BCUT2D eigenvalue weighted by Gasteiger charge is 2.25. The van der Waals surface area contributed by atoms with Gasteiger partial charge in [-0.15, -0.1) is 11.6 Å². The Morgan fingerprint density at radius 2 is 2.33 bits per heavy atom. The lowest BCUT2D eigenvalue weighted by Gasteiger charge is -2.12. The zero-order chi connectivity index (χ0) is 8.97. The first-order valence-electron chi connectivity index (χ1n) is 4.15. The topological polar surface area (TPSA) is 37.4 Å². The van der Waals surface area contributed by atoms with E-state index in [2.05, 4.69) is 0 Å². The van der Waals surface area contributed by atoms with Gasteiger partial charge in [0.25, 0.3) is 0 Å². The van der Waals surface area contributed by atoms with Gasteiger partial charge in [-0.3, -0.25) is 14.5 Å². The Labute approximate surface area is 76.7 Å². The van der Waals surface area contributed by atoms with Gasteiger partial charge in [0.15, 0.2) is 0 Å². The molecule has 0 spiro atoms. The Bertz CT molecular complexity index is 193. The molecule has 3 nitrogen and oxygen atoms in total. The minimum atomic E-state index is -0.0712. The second-order valence-electron chi connectivity index (χ2n) is 2.84. The molecule has 0 radical (unpaired) electrons. The minimum Gasteiger partial charge on any atom is -0.283 e. The van der Waals surface area contributed by atoms with Gasteiger partial charge in [-0.05, 0) is 12.8 Å². The Hall–Kier alpha value is -0.570. The van der Waals surface area contributed by atoms with Gasteiger partial charge in [-0.2, -0.15) is 0 Å². The third-order valence-electron chi connectivity index (χ3n) is 1.90. The fourth-order valence-electron chi connectivity index (χ4n) is 1.26. The largest absolute Gasteiger partial charge is 0.283 e. The van der Waals surface area contributed by atoms with E-state index >= 15 is 0 Å². The molecular formula is C8H12ClNO2. The highest BCUT2D eigenvalue weighted by molar-refractivity contribution is 6.18. The molecule has 1 heterocycles. The SMILES string of the molecule is O=C(CCCCl)N1CCCC1=O. The van der Waals surface area contributed by atoms with Crippen molar-refractivity contribution in [1.29, 1.82) is 0 Å². The molecule has 12 heavy (non-hydrogen) atoms. The molecule has 4 heteroatoms. The molecule has 1 saturated heterocycles. The molecule has 1 fully saturated rings. The van der Waals surface area contributed by atoms with E-state index in [9.17, 15) is 9.59 Å². The summed E-state index contributed by atoms with van der Waals surface area (Å²) in [5.41, 5.74) is 0. The molecule has 0 aromatic carbocycles. The molecule has 0 atom stereocenters. The van der Waals surface area contributed by atoms with E-state index in [-0.39, 0.29) is 11.8 Å². The number of hydrogen-bond acceptors (Lipinski definition) is 2. The van der Waals surface area contributed by atoms with Crippen LogP contribution in [0.2, 0.25) is 0 Å². The fourth-order valence-corrected chi connectivity index (χ4v) is 1.40. The predicted molar refractivity (Wildman–Crippen MR) is 45.9 cm³/mol. The summed E-state index contributed by atoms with van der Waals surface area (Å²) in [5, 5.41) is 0. The fraction of sp³-hybridized carbons (Fsp3) is 0.750. The van der Waals surface area contributed by atoms with Crippen LogP contribution in [0.5, 0.6) is 0 Å². The second kappa shape index (κ2) is 4.45. The van der Waals surface area contributed by atoms with Crippen LogP contribution in [0.3, 0.4) is 0 Å². The van der Waals surface area contributed by atoms with Crippen molar-refractivity contribution in [2.75, 3.05) is 12.4 Å². The van der Waals surface area contributed by atoms with Crippen LogP contribution in [0.4, 0.5) is 0 Å². The molecule has 0 N–H and O–H groups in total. The van der Waals surface area contributed by atoms with Crippen LogP contribution in [-0.4, -0.2) is 29.1 Å². The molecule has 0 unspecified atom stereocenters. The van der Waals surface area contributed by atoms with Crippen LogP contribution in [-0.2, 0) is 9.59 Å². The molecule has 0 aromatic heterocycles. The van der Waals surface area contributed by atoms with Crippen molar-refractivity contribution < 1.29 is 9.59 Å². The summed E-state index contributed by atoms with van der Waals surface area (Å²) >= 11 is 5.43. The number of imide groups is 1. The lowest BCUT2D eigenvalue weighted by molar-refractivity contribution is -0.141. The summed E-state index contributed by atoms with van der Waals surface area (Å²) < 4.78 is 0. The number of amides is 2. The van der Waals surface area contributed by atoms with Crippen molar-refractivity contribution in [3.05, 3.63) is 0 Å². The summed E-state index contributed by atoms with van der Waals surface area (Å²) in [4.78, 5) is 23.7. The Morgan fingerprint density at radius 1 is 1.58 bits per heavy atom. The molecule has 1 aliphatic rings. The van der Waals surface area contributed by atoms with E-state index in [1.165, 1.54) is 4.90 Å². The number of likely N-dealkylation sites (tertiary alicyclic amines) is 1. The molecule has 68 valence electrons. The van der Waals surface area contributed by atoms with E-state index < -0.39 is 0 Å². The lowest BCUT2D eigenvalue weighted by Crippen LogP contribution is -2.31. The number of rotatable bonds is 3. The van der Waals surface area contributed by atoms with Crippen LogP contribution in [0.25, 0.3) is 0 Å². The van der Waals surface area contributed by atoms with Crippen LogP contribution in [0.1, 0.15) is 25.7 Å². The Kier molecular flexibility index (Phi) is 3.53. The highest BCUT2D eigenvalue weighted by atomic mass is 35.5. The maximum absolute atomic E-state index is 11.3. The molecule has 0 aliphatic carbocycles. The van der Waals surface area contributed by atoms with Crippen molar-refractivity contribution >= 4 is 23.4 Å². The molecule has 0 bridgehead atoms. The van der Waals surface area contributed by atoms with E-state index in [4.69, 9.17) is 11.6 Å². The third kappa shape index (κ3) is 2.21. The molecular weight excluding hydrogens is 178 g/mol. The maximum atomic E-state index is 11.3. The predicted octanol–water partition coefficient (Wildman–Crippen LogP) is 1.15. The average molecular weight is 190 g/mol. The summed E-state index contributed by atoms with van der Waals surface area (Å²) in [7, 11) is 0. The number of carbonyl (C=O) groups excluding carboxylic acids is 2. The highest BCUT2D eigenvalue weighted by Crippen LogP contribution is 2.11. The van der Waals surface area contributed by atoms with E-state index in [0.29, 0.717) is 31.7 Å². The summed E-state index contributed by atoms with van der Waals surface area (Å²) in [5.74, 6) is 0.376. The summed E-state index contributed by atoms with van der Waals surface area (Å²) in [6.45, 7) is 0.597. The van der Waals surface area contributed by atoms with Crippen molar-refractivity contribution in [3.63, 3.8) is 0 Å². The first kappa shape index (κ1) is 9.52. The van der Waals surface area contributed by atoms with Gasteiger partial charge in [0.1, 0.15) is 0 Å². The number of nitrogens with zero attached hydrogens (tertiary/aromatic N) is 1. The summed E-state index contributed by atoms with van der Waals surface area (Å²) in [6.07, 6.45) is 2.39. The van der Waals surface area contributed by atoms with E-state index in [0.717, 1.165) is 6.42 Å². The molecule has 1 aliphatic heterocycles. The molecule has 1 rings (SSSR count). The van der Waals surface area contributed by atoms with Crippen molar-refractivity contribution in [1.82, 2.24) is 4.90 Å². The second-order valence-corrected chi connectivity index (χ2v) is 3.21. The quantitative estimate of drug-likeness (QED) is 0.625. The Morgan fingerprint density at radius 3 is 2.83 bits per heavy atom.